The lowest BCUT2D eigenvalue weighted by atomic mass is 9.89. The number of likely N-dealkylation sites (tertiary alicyclic amines) is 1. The van der Waals surface area contributed by atoms with Gasteiger partial charge < -0.3 is 10.4 Å². The quantitative estimate of drug-likeness (QED) is 0.834. The van der Waals surface area contributed by atoms with Crippen molar-refractivity contribution in [3.05, 3.63) is 35.9 Å². The van der Waals surface area contributed by atoms with Crippen LogP contribution in [0.4, 0.5) is 0 Å². The van der Waals surface area contributed by atoms with Crippen LogP contribution in [-0.4, -0.2) is 41.8 Å². The molecule has 2 aliphatic rings. The molecule has 20 heavy (non-hydrogen) atoms. The monoisotopic (exact) mass is 274 g/mol. The predicted molar refractivity (Wildman–Crippen MR) is 81.6 cm³/mol. The fourth-order valence-electron chi connectivity index (χ4n) is 3.36. The summed E-state index contributed by atoms with van der Waals surface area (Å²) >= 11 is 0. The SMILES string of the molecule is CC1CCCN1CC(CO)(NC1CC1)c1ccccc1. The number of nitrogens with one attached hydrogen (secondary N) is 1. The molecule has 1 saturated carbocycles. The summed E-state index contributed by atoms with van der Waals surface area (Å²) in [7, 11) is 0. The van der Waals surface area contributed by atoms with Gasteiger partial charge in [-0.2, -0.15) is 0 Å². The molecule has 3 nitrogen and oxygen atoms in total. The Kier molecular flexibility index (Phi) is 4.11. The Labute approximate surface area is 122 Å². The first kappa shape index (κ1) is 14.1. The van der Waals surface area contributed by atoms with Crippen LogP contribution in [0.15, 0.2) is 30.3 Å². The lowest BCUT2D eigenvalue weighted by Crippen LogP contribution is -2.55. The molecular weight excluding hydrogens is 248 g/mol. The molecule has 110 valence electrons. The van der Waals surface area contributed by atoms with Crippen molar-refractivity contribution in [2.45, 2.75) is 50.2 Å². The van der Waals surface area contributed by atoms with Crippen molar-refractivity contribution in [3.63, 3.8) is 0 Å². The standard InChI is InChI=1S/C17H26N2O/c1-14-6-5-11-19(14)12-17(13-20,18-16-9-10-16)15-7-3-2-4-8-15/h2-4,7-8,14,16,18,20H,5-6,9-13H2,1H3. The van der Waals surface area contributed by atoms with Gasteiger partial charge in [0.15, 0.2) is 0 Å². The van der Waals surface area contributed by atoms with Crippen LogP contribution in [0.5, 0.6) is 0 Å². The molecule has 1 saturated heterocycles. The summed E-state index contributed by atoms with van der Waals surface area (Å²) in [5.74, 6) is 0. The van der Waals surface area contributed by atoms with Crippen molar-refractivity contribution in [3.8, 4) is 0 Å². The zero-order valence-corrected chi connectivity index (χ0v) is 12.4. The van der Waals surface area contributed by atoms with E-state index in [1.807, 2.05) is 6.07 Å². The summed E-state index contributed by atoms with van der Waals surface area (Å²) in [6.07, 6.45) is 5.04. The van der Waals surface area contributed by atoms with Crippen LogP contribution in [0.3, 0.4) is 0 Å². The van der Waals surface area contributed by atoms with Crippen molar-refractivity contribution < 1.29 is 5.11 Å². The normalized spacial score (nSPS) is 26.6. The van der Waals surface area contributed by atoms with Crippen molar-refractivity contribution in [2.75, 3.05) is 19.7 Å². The minimum Gasteiger partial charge on any atom is -0.394 e. The average Bonchev–Trinajstić information content (AvgIpc) is 3.21. The van der Waals surface area contributed by atoms with Crippen LogP contribution >= 0.6 is 0 Å². The highest BCUT2D eigenvalue weighted by Gasteiger charge is 2.40. The Morgan fingerprint density at radius 1 is 1.25 bits per heavy atom. The van der Waals surface area contributed by atoms with Gasteiger partial charge in [-0.3, -0.25) is 4.90 Å². The fraction of sp³-hybridized carbons (Fsp3) is 0.647. The van der Waals surface area contributed by atoms with E-state index in [1.54, 1.807) is 0 Å². The maximum Gasteiger partial charge on any atom is 0.0800 e. The molecule has 3 rings (SSSR count). The van der Waals surface area contributed by atoms with E-state index < -0.39 is 0 Å². The number of aliphatic hydroxyl groups excluding tert-OH is 1. The molecular formula is C17H26N2O. The first-order chi connectivity index (χ1) is 9.73. The fourth-order valence-corrected chi connectivity index (χ4v) is 3.36. The summed E-state index contributed by atoms with van der Waals surface area (Å²) in [4.78, 5) is 2.53. The lowest BCUT2D eigenvalue weighted by molar-refractivity contribution is 0.101. The second kappa shape index (κ2) is 5.84. The van der Waals surface area contributed by atoms with Crippen LogP contribution in [-0.2, 0) is 5.54 Å². The molecule has 1 aromatic carbocycles. The number of hydrogen-bond acceptors (Lipinski definition) is 3. The van der Waals surface area contributed by atoms with E-state index in [0.717, 1.165) is 13.1 Å². The van der Waals surface area contributed by atoms with Gasteiger partial charge in [0, 0.05) is 18.6 Å². The smallest absolute Gasteiger partial charge is 0.0800 e. The number of benzene rings is 1. The van der Waals surface area contributed by atoms with Crippen LogP contribution in [0.2, 0.25) is 0 Å². The van der Waals surface area contributed by atoms with Crippen molar-refractivity contribution in [1.29, 1.82) is 0 Å². The second-order valence-electron chi connectivity index (χ2n) is 6.49. The summed E-state index contributed by atoms with van der Waals surface area (Å²) < 4.78 is 0. The van der Waals surface area contributed by atoms with Gasteiger partial charge in [-0.25, -0.2) is 0 Å². The number of hydrogen-bond donors (Lipinski definition) is 2. The van der Waals surface area contributed by atoms with Crippen LogP contribution in [0.25, 0.3) is 0 Å². The highest BCUT2D eigenvalue weighted by Crippen LogP contribution is 2.31. The highest BCUT2D eigenvalue weighted by atomic mass is 16.3. The third kappa shape index (κ3) is 2.90. The van der Waals surface area contributed by atoms with E-state index in [1.165, 1.54) is 31.2 Å². The molecule has 1 aromatic rings. The van der Waals surface area contributed by atoms with E-state index in [2.05, 4.69) is 41.4 Å². The molecule has 0 aromatic heterocycles. The number of nitrogens with zero attached hydrogens (tertiary/aromatic N) is 1. The molecule has 0 amide bonds. The van der Waals surface area contributed by atoms with E-state index in [0.29, 0.717) is 12.1 Å². The maximum atomic E-state index is 10.2. The van der Waals surface area contributed by atoms with Crippen molar-refractivity contribution >= 4 is 0 Å². The predicted octanol–water partition coefficient (Wildman–Crippen LogP) is 2.11. The van der Waals surface area contributed by atoms with Gasteiger partial charge >= 0.3 is 0 Å². The summed E-state index contributed by atoms with van der Waals surface area (Å²) in [6, 6.07) is 11.7. The molecule has 2 fully saturated rings. The molecule has 0 radical (unpaired) electrons. The second-order valence-corrected chi connectivity index (χ2v) is 6.49. The molecule has 1 heterocycles. The molecule has 1 aliphatic carbocycles. The van der Waals surface area contributed by atoms with Crippen LogP contribution < -0.4 is 5.32 Å². The summed E-state index contributed by atoms with van der Waals surface area (Å²) in [5.41, 5.74) is 0.912. The van der Waals surface area contributed by atoms with Gasteiger partial charge in [-0.05, 0) is 44.7 Å². The summed E-state index contributed by atoms with van der Waals surface area (Å²) in [6.45, 7) is 4.53. The molecule has 0 bridgehead atoms. The maximum absolute atomic E-state index is 10.2. The topological polar surface area (TPSA) is 35.5 Å². The first-order valence-corrected chi connectivity index (χ1v) is 7.92. The van der Waals surface area contributed by atoms with Crippen molar-refractivity contribution in [1.82, 2.24) is 10.2 Å². The largest absolute Gasteiger partial charge is 0.394 e. The van der Waals surface area contributed by atoms with E-state index in [9.17, 15) is 5.11 Å². The Bertz CT molecular complexity index is 432. The van der Waals surface area contributed by atoms with Crippen LogP contribution in [0, 0.1) is 0 Å². The first-order valence-electron chi connectivity index (χ1n) is 7.92. The van der Waals surface area contributed by atoms with E-state index in [-0.39, 0.29) is 12.1 Å². The Hall–Kier alpha value is -0.900. The average molecular weight is 274 g/mol. The van der Waals surface area contributed by atoms with Crippen LogP contribution in [0.1, 0.15) is 38.2 Å². The van der Waals surface area contributed by atoms with E-state index >= 15 is 0 Å². The summed E-state index contributed by atoms with van der Waals surface area (Å²) in [5, 5.41) is 13.9. The Morgan fingerprint density at radius 2 is 2.00 bits per heavy atom. The third-order valence-corrected chi connectivity index (χ3v) is 4.82. The van der Waals surface area contributed by atoms with Gasteiger partial charge in [-0.1, -0.05) is 30.3 Å². The minimum atomic E-state index is -0.305. The number of rotatable bonds is 6. The molecule has 0 spiro atoms. The van der Waals surface area contributed by atoms with E-state index in [4.69, 9.17) is 0 Å². The van der Waals surface area contributed by atoms with Gasteiger partial charge in [-0.15, -0.1) is 0 Å². The highest BCUT2D eigenvalue weighted by molar-refractivity contribution is 5.26. The third-order valence-electron chi connectivity index (χ3n) is 4.82. The Balaban J connectivity index is 1.85. The van der Waals surface area contributed by atoms with Gasteiger partial charge in [0.2, 0.25) is 0 Å². The zero-order chi connectivity index (χ0) is 14.0. The van der Waals surface area contributed by atoms with Gasteiger partial charge in [0.1, 0.15) is 0 Å². The molecule has 2 unspecified atom stereocenters. The van der Waals surface area contributed by atoms with Crippen molar-refractivity contribution in [2.24, 2.45) is 0 Å². The minimum absolute atomic E-state index is 0.163. The Morgan fingerprint density at radius 3 is 2.55 bits per heavy atom. The molecule has 2 N–H and O–H groups in total. The van der Waals surface area contributed by atoms with Gasteiger partial charge in [0.05, 0.1) is 12.1 Å². The zero-order valence-electron chi connectivity index (χ0n) is 12.4. The molecule has 3 heteroatoms. The number of aliphatic hydroxyl groups is 1. The molecule has 2 atom stereocenters. The molecule has 1 aliphatic heterocycles. The lowest BCUT2D eigenvalue weighted by Gasteiger charge is -2.39. The van der Waals surface area contributed by atoms with Gasteiger partial charge in [0.25, 0.3) is 0 Å².